The van der Waals surface area contributed by atoms with E-state index in [0.29, 0.717) is 6.07 Å². The maximum atomic E-state index is 13.0. The summed E-state index contributed by atoms with van der Waals surface area (Å²) in [5.74, 6) is -2.57. The third-order valence-electron chi connectivity index (χ3n) is 1.98. The summed E-state index contributed by atoms with van der Waals surface area (Å²) in [5.41, 5.74) is -0.686. The van der Waals surface area contributed by atoms with Crippen LogP contribution in [0.1, 0.15) is 0 Å². The van der Waals surface area contributed by atoms with Crippen molar-refractivity contribution in [1.82, 2.24) is 9.97 Å². The van der Waals surface area contributed by atoms with Crippen LogP contribution in [0.25, 0.3) is 0 Å². The lowest BCUT2D eigenvalue weighted by atomic mass is 10.3. The largest absolute Gasteiger partial charge is 0.433 e. The summed E-state index contributed by atoms with van der Waals surface area (Å²) in [6.07, 6.45) is 0.931. The van der Waals surface area contributed by atoms with Gasteiger partial charge in [-0.1, -0.05) is 11.6 Å². The van der Waals surface area contributed by atoms with Gasteiger partial charge in [0.1, 0.15) is 23.7 Å². The molecule has 1 aromatic carbocycles. The highest BCUT2D eigenvalue weighted by molar-refractivity contribution is 6.31. The molecule has 1 aromatic heterocycles. The molecule has 0 aliphatic carbocycles. The highest BCUT2D eigenvalue weighted by atomic mass is 35.5. The van der Waals surface area contributed by atoms with E-state index in [9.17, 15) is 18.9 Å². The monoisotopic (exact) mass is 287 g/mol. The first-order valence-electron chi connectivity index (χ1n) is 4.76. The molecule has 0 radical (unpaired) electrons. The van der Waals surface area contributed by atoms with E-state index in [0.717, 1.165) is 18.5 Å². The Balaban J connectivity index is 2.43. The van der Waals surface area contributed by atoms with Gasteiger partial charge in [0, 0.05) is 18.2 Å². The van der Waals surface area contributed by atoms with E-state index in [1.807, 2.05) is 0 Å². The van der Waals surface area contributed by atoms with Gasteiger partial charge in [0.2, 0.25) is 5.15 Å². The van der Waals surface area contributed by atoms with Gasteiger partial charge in [-0.25, -0.2) is 13.8 Å². The summed E-state index contributed by atoms with van der Waals surface area (Å²) in [4.78, 5) is 16.9. The number of halogens is 3. The molecule has 6 nitrogen and oxygen atoms in total. The summed E-state index contributed by atoms with van der Waals surface area (Å²) < 4.78 is 30.9. The van der Waals surface area contributed by atoms with E-state index in [2.05, 4.69) is 9.97 Å². The van der Waals surface area contributed by atoms with Gasteiger partial charge < -0.3 is 4.74 Å². The van der Waals surface area contributed by atoms with Crippen LogP contribution < -0.4 is 4.74 Å². The number of nitro groups is 1. The van der Waals surface area contributed by atoms with Crippen molar-refractivity contribution >= 4 is 17.3 Å². The van der Waals surface area contributed by atoms with Crippen molar-refractivity contribution in [2.45, 2.75) is 0 Å². The third-order valence-corrected chi connectivity index (χ3v) is 2.25. The molecule has 19 heavy (non-hydrogen) atoms. The molecular formula is C10H4ClF2N3O3. The summed E-state index contributed by atoms with van der Waals surface area (Å²) in [5, 5.41) is 10.3. The van der Waals surface area contributed by atoms with Crippen LogP contribution in [-0.2, 0) is 0 Å². The highest BCUT2D eigenvalue weighted by Gasteiger charge is 2.23. The van der Waals surface area contributed by atoms with Crippen LogP contribution in [-0.4, -0.2) is 14.9 Å². The second kappa shape index (κ2) is 5.11. The molecule has 0 unspecified atom stereocenters. The molecule has 98 valence electrons. The molecule has 1 heterocycles. The zero-order chi connectivity index (χ0) is 14.0. The van der Waals surface area contributed by atoms with Gasteiger partial charge in [-0.2, -0.15) is 4.98 Å². The molecule has 9 heteroatoms. The molecular weight excluding hydrogens is 284 g/mol. The average molecular weight is 288 g/mol. The third kappa shape index (κ3) is 2.91. The number of ether oxygens (including phenoxy) is 1. The first-order chi connectivity index (χ1) is 8.97. The molecule has 2 aromatic rings. The number of aromatic nitrogens is 2. The second-order valence-electron chi connectivity index (χ2n) is 3.28. The summed E-state index contributed by atoms with van der Waals surface area (Å²) in [7, 11) is 0. The predicted octanol–water partition coefficient (Wildman–Crippen LogP) is 3.11. The van der Waals surface area contributed by atoms with E-state index < -0.39 is 33.3 Å². The lowest BCUT2D eigenvalue weighted by Crippen LogP contribution is -1.98. The Kier molecular flexibility index (Phi) is 3.52. The number of rotatable bonds is 3. The van der Waals surface area contributed by atoms with E-state index in [-0.39, 0.29) is 5.75 Å². The van der Waals surface area contributed by atoms with E-state index in [1.54, 1.807) is 0 Å². The minimum Gasteiger partial charge on any atom is -0.433 e. The smallest absolute Gasteiger partial charge is 0.368 e. The van der Waals surface area contributed by atoms with Gasteiger partial charge in [0.05, 0.1) is 4.92 Å². The van der Waals surface area contributed by atoms with Gasteiger partial charge >= 0.3 is 11.6 Å². The first kappa shape index (κ1) is 13.1. The Hall–Kier alpha value is -2.35. The van der Waals surface area contributed by atoms with E-state index in [1.165, 1.54) is 0 Å². The minimum absolute atomic E-state index is 0.282. The highest BCUT2D eigenvalue weighted by Crippen LogP contribution is 2.33. The Bertz CT molecular complexity index is 634. The fourth-order valence-corrected chi connectivity index (χ4v) is 1.46. The number of hydrogen-bond acceptors (Lipinski definition) is 5. The quantitative estimate of drug-likeness (QED) is 0.492. The van der Waals surface area contributed by atoms with Crippen LogP contribution in [0, 0.1) is 21.7 Å². The second-order valence-corrected chi connectivity index (χ2v) is 3.64. The SMILES string of the molecule is O=[N+]([O-])c1c(Cl)ncnc1Oc1cc(F)cc(F)c1. The molecule has 0 N–H and O–H groups in total. The molecule has 0 saturated heterocycles. The van der Waals surface area contributed by atoms with Crippen molar-refractivity contribution in [2.75, 3.05) is 0 Å². The van der Waals surface area contributed by atoms with E-state index >= 15 is 0 Å². The van der Waals surface area contributed by atoms with Crippen molar-refractivity contribution in [3.05, 3.63) is 51.4 Å². The first-order valence-corrected chi connectivity index (χ1v) is 5.14. The maximum absolute atomic E-state index is 13.0. The lowest BCUT2D eigenvalue weighted by Gasteiger charge is -2.05. The summed E-state index contributed by atoms with van der Waals surface area (Å²) in [6, 6.07) is 2.33. The molecule has 0 aliphatic heterocycles. The van der Waals surface area contributed by atoms with Crippen LogP contribution >= 0.6 is 11.6 Å². The Labute approximate surface area is 109 Å². The Morgan fingerprint density at radius 1 is 1.21 bits per heavy atom. The normalized spacial score (nSPS) is 10.3. The Morgan fingerprint density at radius 2 is 1.84 bits per heavy atom. The number of hydrogen-bond donors (Lipinski definition) is 0. The molecule has 0 saturated carbocycles. The number of benzene rings is 1. The van der Waals surface area contributed by atoms with Crippen molar-refractivity contribution in [2.24, 2.45) is 0 Å². The van der Waals surface area contributed by atoms with Gasteiger partial charge in [-0.3, -0.25) is 10.1 Å². The zero-order valence-corrected chi connectivity index (χ0v) is 9.77. The average Bonchev–Trinajstić information content (AvgIpc) is 2.26. The standard InChI is InChI=1S/C10H4ClF2N3O3/c11-9-8(16(17)18)10(15-4-14-9)19-7-2-5(12)1-6(13)3-7/h1-4H. The molecule has 0 atom stereocenters. The van der Waals surface area contributed by atoms with Crippen molar-refractivity contribution in [3.63, 3.8) is 0 Å². The predicted molar refractivity (Wildman–Crippen MR) is 60.1 cm³/mol. The van der Waals surface area contributed by atoms with Gasteiger partial charge in [0.25, 0.3) is 0 Å². The zero-order valence-electron chi connectivity index (χ0n) is 9.01. The molecule has 0 bridgehead atoms. The van der Waals surface area contributed by atoms with Gasteiger partial charge in [-0.05, 0) is 0 Å². The van der Waals surface area contributed by atoms with Gasteiger partial charge in [-0.15, -0.1) is 0 Å². The van der Waals surface area contributed by atoms with Crippen molar-refractivity contribution in [3.8, 4) is 11.6 Å². The van der Waals surface area contributed by atoms with Crippen LogP contribution in [0.15, 0.2) is 24.5 Å². The lowest BCUT2D eigenvalue weighted by molar-refractivity contribution is -0.386. The van der Waals surface area contributed by atoms with E-state index in [4.69, 9.17) is 16.3 Å². The van der Waals surface area contributed by atoms with Crippen molar-refractivity contribution in [1.29, 1.82) is 0 Å². The summed E-state index contributed by atoms with van der Waals surface area (Å²) in [6.45, 7) is 0. The van der Waals surface area contributed by atoms with Crippen LogP contribution in [0.2, 0.25) is 5.15 Å². The maximum Gasteiger partial charge on any atom is 0.368 e. The topological polar surface area (TPSA) is 78.2 Å². The van der Waals surface area contributed by atoms with Crippen LogP contribution in [0.4, 0.5) is 14.5 Å². The van der Waals surface area contributed by atoms with Crippen LogP contribution in [0.3, 0.4) is 0 Å². The van der Waals surface area contributed by atoms with Crippen LogP contribution in [0.5, 0.6) is 11.6 Å². The fraction of sp³-hybridized carbons (Fsp3) is 0. The molecule has 0 aliphatic rings. The Morgan fingerprint density at radius 3 is 2.42 bits per heavy atom. The minimum atomic E-state index is -0.891. The summed E-state index contributed by atoms with van der Waals surface area (Å²) >= 11 is 5.53. The number of nitrogens with zero attached hydrogens (tertiary/aromatic N) is 3. The van der Waals surface area contributed by atoms with Gasteiger partial charge in [0.15, 0.2) is 0 Å². The molecule has 0 amide bonds. The molecule has 0 fully saturated rings. The molecule has 2 rings (SSSR count). The fourth-order valence-electron chi connectivity index (χ4n) is 1.27. The molecule has 0 spiro atoms. The van der Waals surface area contributed by atoms with Crippen molar-refractivity contribution < 1.29 is 18.4 Å².